The highest BCUT2D eigenvalue weighted by atomic mass is 16.4. The number of aromatic nitrogens is 1. The summed E-state index contributed by atoms with van der Waals surface area (Å²) < 4.78 is 2.06. The SMILES string of the molecule is CN1CCCCC1Cc1c(C(=O)O)c2ccccc2n1C. The summed E-state index contributed by atoms with van der Waals surface area (Å²) in [6, 6.07) is 8.22. The third-order valence-corrected chi connectivity index (χ3v) is 4.79. The van der Waals surface area contributed by atoms with Crippen molar-refractivity contribution in [1.29, 1.82) is 0 Å². The molecule has 4 heteroatoms. The van der Waals surface area contributed by atoms with E-state index in [-0.39, 0.29) is 0 Å². The summed E-state index contributed by atoms with van der Waals surface area (Å²) in [5.41, 5.74) is 2.43. The summed E-state index contributed by atoms with van der Waals surface area (Å²) in [7, 11) is 4.12. The van der Waals surface area contributed by atoms with Crippen LogP contribution in [0.3, 0.4) is 0 Å². The van der Waals surface area contributed by atoms with E-state index in [2.05, 4.69) is 16.5 Å². The number of fused-ring (bicyclic) bond motifs is 1. The third-order valence-electron chi connectivity index (χ3n) is 4.79. The van der Waals surface area contributed by atoms with Gasteiger partial charge in [0.05, 0.1) is 5.56 Å². The summed E-state index contributed by atoms with van der Waals surface area (Å²) in [5.74, 6) is -0.819. The average molecular weight is 286 g/mol. The van der Waals surface area contributed by atoms with Gasteiger partial charge in [0.25, 0.3) is 0 Å². The van der Waals surface area contributed by atoms with E-state index in [1.807, 2.05) is 31.3 Å². The molecule has 0 amide bonds. The van der Waals surface area contributed by atoms with Crippen LogP contribution in [0, 0.1) is 0 Å². The summed E-state index contributed by atoms with van der Waals surface area (Å²) >= 11 is 0. The molecule has 0 saturated carbocycles. The van der Waals surface area contributed by atoms with Crippen LogP contribution in [-0.2, 0) is 13.5 Å². The molecule has 1 saturated heterocycles. The minimum Gasteiger partial charge on any atom is -0.478 e. The van der Waals surface area contributed by atoms with E-state index in [9.17, 15) is 9.90 Å². The van der Waals surface area contributed by atoms with Crippen molar-refractivity contribution in [1.82, 2.24) is 9.47 Å². The van der Waals surface area contributed by atoms with E-state index < -0.39 is 5.97 Å². The monoisotopic (exact) mass is 286 g/mol. The molecule has 3 rings (SSSR count). The van der Waals surface area contributed by atoms with Gasteiger partial charge in [0.2, 0.25) is 0 Å². The van der Waals surface area contributed by atoms with Crippen LogP contribution in [0.2, 0.25) is 0 Å². The lowest BCUT2D eigenvalue weighted by molar-refractivity contribution is 0.0696. The first-order valence-corrected chi connectivity index (χ1v) is 7.59. The lowest BCUT2D eigenvalue weighted by Crippen LogP contribution is -2.38. The minimum atomic E-state index is -0.819. The molecule has 0 spiro atoms. The molecule has 0 aliphatic carbocycles. The number of benzene rings is 1. The Morgan fingerprint density at radius 3 is 2.76 bits per heavy atom. The molecule has 1 fully saturated rings. The third kappa shape index (κ3) is 2.44. The molecule has 21 heavy (non-hydrogen) atoms. The maximum absolute atomic E-state index is 11.7. The van der Waals surface area contributed by atoms with E-state index in [0.717, 1.165) is 36.0 Å². The highest BCUT2D eigenvalue weighted by Crippen LogP contribution is 2.28. The van der Waals surface area contributed by atoms with E-state index in [1.165, 1.54) is 12.8 Å². The van der Waals surface area contributed by atoms with Crippen LogP contribution in [0.4, 0.5) is 0 Å². The van der Waals surface area contributed by atoms with E-state index >= 15 is 0 Å². The van der Waals surface area contributed by atoms with Crippen molar-refractivity contribution in [2.24, 2.45) is 7.05 Å². The van der Waals surface area contributed by atoms with Crippen LogP contribution in [0.15, 0.2) is 24.3 Å². The molecule has 0 bridgehead atoms. The highest BCUT2D eigenvalue weighted by Gasteiger charge is 2.26. The van der Waals surface area contributed by atoms with Crippen LogP contribution < -0.4 is 0 Å². The molecular formula is C17H22N2O2. The standard InChI is InChI=1S/C17H22N2O2/c1-18-10-6-5-7-12(18)11-15-16(17(20)21)13-8-3-4-9-14(13)19(15)2/h3-4,8-9,12H,5-7,10-11H2,1-2H3,(H,20,21). The van der Waals surface area contributed by atoms with Gasteiger partial charge >= 0.3 is 5.97 Å². The zero-order chi connectivity index (χ0) is 15.0. The van der Waals surface area contributed by atoms with Gasteiger partial charge < -0.3 is 14.6 Å². The largest absolute Gasteiger partial charge is 0.478 e. The first-order chi connectivity index (χ1) is 10.1. The number of nitrogens with zero attached hydrogens (tertiary/aromatic N) is 2. The van der Waals surface area contributed by atoms with Gasteiger partial charge in [0, 0.05) is 36.1 Å². The number of rotatable bonds is 3. The van der Waals surface area contributed by atoms with Crippen LogP contribution in [0.1, 0.15) is 35.3 Å². The number of carbonyl (C=O) groups is 1. The molecule has 1 N–H and O–H groups in total. The molecule has 1 aromatic carbocycles. The van der Waals surface area contributed by atoms with Crippen LogP contribution in [0.5, 0.6) is 0 Å². The summed E-state index contributed by atoms with van der Waals surface area (Å²) in [5, 5.41) is 10.5. The average Bonchev–Trinajstić information content (AvgIpc) is 2.75. The predicted octanol–water partition coefficient (Wildman–Crippen LogP) is 2.90. The molecule has 1 aromatic heterocycles. The Labute approximate surface area is 125 Å². The van der Waals surface area contributed by atoms with Gasteiger partial charge in [-0.05, 0) is 32.5 Å². The van der Waals surface area contributed by atoms with Gasteiger partial charge in [-0.3, -0.25) is 0 Å². The summed E-state index contributed by atoms with van der Waals surface area (Å²) in [6.45, 7) is 1.11. The quantitative estimate of drug-likeness (QED) is 0.943. The van der Waals surface area contributed by atoms with Crippen LogP contribution in [0.25, 0.3) is 10.9 Å². The van der Waals surface area contributed by atoms with Crippen molar-refractivity contribution < 1.29 is 9.90 Å². The molecule has 1 aliphatic rings. The first kappa shape index (κ1) is 14.1. The number of hydrogen-bond donors (Lipinski definition) is 1. The number of likely N-dealkylation sites (N-methyl/N-ethyl adjacent to an activating group) is 1. The van der Waals surface area contributed by atoms with Crippen LogP contribution >= 0.6 is 0 Å². The van der Waals surface area contributed by atoms with Crippen molar-refractivity contribution in [3.63, 3.8) is 0 Å². The zero-order valence-corrected chi connectivity index (χ0v) is 12.7. The van der Waals surface area contributed by atoms with Crippen molar-refractivity contribution >= 4 is 16.9 Å². The Morgan fingerprint density at radius 2 is 2.05 bits per heavy atom. The molecule has 1 aliphatic heterocycles. The Hall–Kier alpha value is -1.81. The second kappa shape index (κ2) is 5.53. The molecule has 1 atom stereocenters. The number of carboxylic acids is 1. The summed E-state index contributed by atoms with van der Waals surface area (Å²) in [6.07, 6.45) is 4.44. The fourth-order valence-electron chi connectivity index (χ4n) is 3.55. The molecule has 4 nitrogen and oxygen atoms in total. The first-order valence-electron chi connectivity index (χ1n) is 7.59. The predicted molar refractivity (Wildman–Crippen MR) is 83.9 cm³/mol. The van der Waals surface area contributed by atoms with Gasteiger partial charge in [-0.1, -0.05) is 24.6 Å². The number of likely N-dealkylation sites (tertiary alicyclic amines) is 1. The Balaban J connectivity index is 2.06. The number of aryl methyl sites for hydroxylation is 1. The van der Waals surface area contributed by atoms with Crippen LogP contribution in [-0.4, -0.2) is 40.2 Å². The Kier molecular flexibility index (Phi) is 3.72. The van der Waals surface area contributed by atoms with E-state index in [1.54, 1.807) is 0 Å². The van der Waals surface area contributed by atoms with Gasteiger partial charge in [0.15, 0.2) is 0 Å². The van der Waals surface area contributed by atoms with Gasteiger partial charge in [-0.25, -0.2) is 4.79 Å². The highest BCUT2D eigenvalue weighted by molar-refractivity contribution is 6.05. The number of aromatic carboxylic acids is 1. The molecule has 2 aromatic rings. The molecule has 2 heterocycles. The Bertz CT molecular complexity index is 675. The second-order valence-corrected chi connectivity index (χ2v) is 6.04. The number of carboxylic acid groups (broad SMARTS) is 1. The fraction of sp³-hybridized carbons (Fsp3) is 0.471. The minimum absolute atomic E-state index is 0.444. The smallest absolute Gasteiger partial charge is 0.338 e. The van der Waals surface area contributed by atoms with Crippen molar-refractivity contribution in [2.45, 2.75) is 31.7 Å². The van der Waals surface area contributed by atoms with E-state index in [0.29, 0.717) is 11.6 Å². The maximum atomic E-state index is 11.7. The number of piperidine rings is 1. The number of hydrogen-bond acceptors (Lipinski definition) is 2. The second-order valence-electron chi connectivity index (χ2n) is 6.04. The lowest BCUT2D eigenvalue weighted by atomic mass is 9.97. The topological polar surface area (TPSA) is 45.5 Å². The lowest BCUT2D eigenvalue weighted by Gasteiger charge is -2.32. The van der Waals surface area contributed by atoms with Gasteiger partial charge in [0.1, 0.15) is 0 Å². The number of para-hydroxylation sites is 1. The molecule has 0 radical (unpaired) electrons. The van der Waals surface area contributed by atoms with Crippen molar-refractivity contribution in [2.75, 3.05) is 13.6 Å². The van der Waals surface area contributed by atoms with Crippen molar-refractivity contribution in [3.05, 3.63) is 35.5 Å². The van der Waals surface area contributed by atoms with Crippen molar-refractivity contribution in [3.8, 4) is 0 Å². The molecule has 112 valence electrons. The summed E-state index contributed by atoms with van der Waals surface area (Å²) in [4.78, 5) is 14.1. The maximum Gasteiger partial charge on any atom is 0.338 e. The molecular weight excluding hydrogens is 264 g/mol. The fourth-order valence-corrected chi connectivity index (χ4v) is 3.55. The van der Waals surface area contributed by atoms with Gasteiger partial charge in [-0.2, -0.15) is 0 Å². The van der Waals surface area contributed by atoms with E-state index in [4.69, 9.17) is 0 Å². The molecule has 1 unspecified atom stereocenters. The normalized spacial score (nSPS) is 20.0. The van der Waals surface area contributed by atoms with Gasteiger partial charge in [-0.15, -0.1) is 0 Å². The Morgan fingerprint density at radius 1 is 1.29 bits per heavy atom. The zero-order valence-electron chi connectivity index (χ0n) is 12.7.